The fourth-order valence-corrected chi connectivity index (χ4v) is 0. The maximum Gasteiger partial charge on any atom is 0 e. The van der Waals surface area contributed by atoms with Gasteiger partial charge in [0.15, 0.2) is 0 Å². The van der Waals surface area contributed by atoms with Crippen molar-refractivity contribution in [1.82, 2.24) is 0 Å². The van der Waals surface area contributed by atoms with Gasteiger partial charge in [0.05, 0.1) is 0 Å². The van der Waals surface area contributed by atoms with Gasteiger partial charge in [-0.3, -0.25) is 0 Å². The molecule has 0 atom stereocenters. The summed E-state index contributed by atoms with van der Waals surface area (Å²) in [6.07, 6.45) is 0. The van der Waals surface area contributed by atoms with Gasteiger partial charge in [0, 0.05) is 90.1 Å². The van der Waals surface area contributed by atoms with Crippen LogP contribution in [0.3, 0.4) is 0 Å². The first kappa shape index (κ1) is 46.1. The van der Waals surface area contributed by atoms with Crippen molar-refractivity contribution in [3.05, 3.63) is 0 Å². The van der Waals surface area contributed by atoms with Crippen molar-refractivity contribution in [2.24, 2.45) is 0 Å². The van der Waals surface area contributed by atoms with E-state index < -0.39 is 0 Å². The van der Waals surface area contributed by atoms with Gasteiger partial charge >= 0.3 is 0 Å². The average molecular weight is 326 g/mol. The van der Waals surface area contributed by atoms with E-state index in [1.54, 1.807) is 0 Å². The molecule has 0 spiro atoms. The molecule has 0 heterocycles. The van der Waals surface area contributed by atoms with Crippen molar-refractivity contribution in [2.75, 3.05) is 0 Å². The zero-order valence-electron chi connectivity index (χ0n) is 1.80. The van der Waals surface area contributed by atoms with E-state index in [1.807, 2.05) is 0 Å². The molecule has 0 N–H and O–H groups in total. The molecule has 0 aliphatic carbocycles. The van der Waals surface area contributed by atoms with Gasteiger partial charge in [0.2, 0.25) is 0 Å². The van der Waals surface area contributed by atoms with E-state index in [0.717, 1.165) is 0 Å². The zero-order chi connectivity index (χ0) is 0. The molecule has 0 bridgehead atoms. The number of hydrogen-bond donors (Lipinski definition) is 0. The van der Waals surface area contributed by atoms with Crippen LogP contribution < -0.4 is 0 Å². The van der Waals surface area contributed by atoms with Gasteiger partial charge in [0.25, 0.3) is 0 Å². The first-order valence-corrected chi connectivity index (χ1v) is 0. The van der Waals surface area contributed by atoms with Crippen LogP contribution in [-0.4, -0.2) is 0 Å². The summed E-state index contributed by atoms with van der Waals surface area (Å²) in [5.74, 6) is 0. The quantitative estimate of drug-likeness (QED) is 0.550. The maximum absolute atomic E-state index is 0. The largest absolute Gasteiger partial charge is 0 e. The second-order valence-corrected chi connectivity index (χ2v) is 0. The van der Waals surface area contributed by atoms with Crippen molar-refractivity contribution in [3.8, 4) is 0 Å². The summed E-state index contributed by atoms with van der Waals surface area (Å²) < 4.78 is 0. The second-order valence-electron chi connectivity index (χ2n) is 0. The van der Waals surface area contributed by atoms with Gasteiger partial charge in [-0.05, 0) is 0 Å². The molecule has 0 aromatic carbocycles. The van der Waals surface area contributed by atoms with Gasteiger partial charge in [-0.1, -0.05) is 0 Å². The molecule has 0 saturated heterocycles. The van der Waals surface area contributed by atoms with Crippen LogP contribution >= 0.6 is 0 Å². The zero-order valence-corrected chi connectivity index (χ0v) is 8.21. The van der Waals surface area contributed by atoms with Crippen LogP contribution in [-0.2, 0) is 90.1 Å². The van der Waals surface area contributed by atoms with Crippen molar-refractivity contribution in [3.63, 3.8) is 0 Å². The van der Waals surface area contributed by atoms with Crippen LogP contribution in [0.4, 0.5) is 0 Å². The fourth-order valence-electron chi connectivity index (χ4n) is 0. The van der Waals surface area contributed by atoms with Crippen molar-refractivity contribution in [2.45, 2.75) is 0 Å². The molecule has 5 heteroatoms. The molecule has 0 nitrogen and oxygen atoms in total. The fraction of sp³-hybridized carbons (Fsp3) is 0. The molecule has 0 saturated carbocycles. The average Bonchev–Trinajstić information content (AvgIpc) is 0. The molecule has 0 aromatic heterocycles. The normalized spacial score (nSPS) is 0. The molecule has 3 radical (unpaired) electrons. The van der Waals surface area contributed by atoms with E-state index in [9.17, 15) is 0 Å². The van der Waals surface area contributed by atoms with Crippen LogP contribution in [0, 0.1) is 0 Å². The minimum Gasteiger partial charge on any atom is 0 e. The standard InChI is InChI=1S/Cu.Fe.Mn.Nb.Ni. The van der Waals surface area contributed by atoms with Gasteiger partial charge in [-0.25, -0.2) is 0 Å². The maximum atomic E-state index is 0. The van der Waals surface area contributed by atoms with Crippen LogP contribution in [0.25, 0.3) is 0 Å². The first-order valence-electron chi connectivity index (χ1n) is 0. The summed E-state index contributed by atoms with van der Waals surface area (Å²) in [7, 11) is 0. The van der Waals surface area contributed by atoms with Gasteiger partial charge in [-0.2, -0.15) is 0 Å². The Morgan fingerprint density at radius 1 is 1.00 bits per heavy atom. The number of rotatable bonds is 0. The van der Waals surface area contributed by atoms with E-state index in [-0.39, 0.29) is 90.1 Å². The minimum absolute atomic E-state index is 0. The first-order chi connectivity index (χ1) is 0. The Kier molecular flexibility index (Phi) is 270. The summed E-state index contributed by atoms with van der Waals surface area (Å²) in [6.45, 7) is 0. The molecule has 0 aliphatic rings. The van der Waals surface area contributed by atoms with Crippen molar-refractivity contribution < 1.29 is 90.1 Å². The summed E-state index contributed by atoms with van der Waals surface area (Å²) in [4.78, 5) is 0. The summed E-state index contributed by atoms with van der Waals surface area (Å²) in [5.41, 5.74) is 0. The molecule has 0 rings (SSSR count). The second kappa shape index (κ2) is 29.2. The number of hydrogen-bond acceptors (Lipinski definition) is 0. The Hall–Kier alpha value is 2.79. The van der Waals surface area contributed by atoms with Gasteiger partial charge < -0.3 is 0 Å². The predicted molar refractivity (Wildman–Crippen MR) is 0 cm³/mol. The van der Waals surface area contributed by atoms with E-state index in [2.05, 4.69) is 0 Å². The Morgan fingerprint density at radius 3 is 1.00 bits per heavy atom. The third kappa shape index (κ3) is 20.0. The van der Waals surface area contributed by atoms with Crippen molar-refractivity contribution in [1.29, 1.82) is 0 Å². The minimum atomic E-state index is 0. The Labute approximate surface area is 88.8 Å². The third-order valence-corrected chi connectivity index (χ3v) is 0. The Balaban J connectivity index is 0. The molecule has 41 valence electrons. The van der Waals surface area contributed by atoms with E-state index >= 15 is 0 Å². The molecule has 0 aromatic rings. The Bertz CT molecular complexity index is 11.6. The van der Waals surface area contributed by atoms with Gasteiger partial charge in [-0.15, -0.1) is 0 Å². The SMILES string of the molecule is [Cu].[Fe].[Mn].[Nb].[Ni]. The van der Waals surface area contributed by atoms with Crippen molar-refractivity contribution >= 4 is 0 Å². The van der Waals surface area contributed by atoms with E-state index in [4.69, 9.17) is 0 Å². The molecule has 5 heavy (non-hydrogen) atoms. The predicted octanol–water partition coefficient (Wildman–Crippen LogP) is -0.0125. The molecule has 0 fully saturated rings. The molecular formula is CuFeMnNbNi. The summed E-state index contributed by atoms with van der Waals surface area (Å²) in [5, 5.41) is 0. The van der Waals surface area contributed by atoms with Gasteiger partial charge in [0.1, 0.15) is 0 Å². The van der Waals surface area contributed by atoms with Crippen LogP contribution in [0.2, 0.25) is 0 Å². The topological polar surface area (TPSA) is 0 Å². The summed E-state index contributed by atoms with van der Waals surface area (Å²) >= 11 is 0. The summed E-state index contributed by atoms with van der Waals surface area (Å²) in [6, 6.07) is 0. The Morgan fingerprint density at radius 2 is 1.00 bits per heavy atom. The third-order valence-electron chi connectivity index (χ3n) is 0. The van der Waals surface area contributed by atoms with Crippen LogP contribution in [0.5, 0.6) is 0 Å². The molecule has 0 unspecified atom stereocenters. The van der Waals surface area contributed by atoms with Crippen LogP contribution in [0.15, 0.2) is 0 Å². The molecular weight excluding hydrogens is 326 g/mol. The molecule has 0 aliphatic heterocycles. The molecule has 0 amide bonds. The van der Waals surface area contributed by atoms with E-state index in [0.29, 0.717) is 0 Å². The van der Waals surface area contributed by atoms with E-state index in [1.165, 1.54) is 0 Å². The monoisotopic (exact) mass is 325 g/mol. The smallest absolute Gasteiger partial charge is 0 e. The van der Waals surface area contributed by atoms with Crippen LogP contribution in [0.1, 0.15) is 0 Å².